The standard InChI is InChI=1S/C18H14F4N2O3/c1-10-3-2-4-13(15(10)25)16(26)24-17(27,18(20,21)22)9-14(23-24)11-5-7-12(19)8-6-11/h2-8,25,27H,9H2,1H3. The van der Waals surface area contributed by atoms with Crippen molar-refractivity contribution in [2.45, 2.75) is 25.2 Å². The normalized spacial score (nSPS) is 19.9. The van der Waals surface area contributed by atoms with E-state index < -0.39 is 41.4 Å². The summed E-state index contributed by atoms with van der Waals surface area (Å²) >= 11 is 0. The summed E-state index contributed by atoms with van der Waals surface area (Å²) in [5.41, 5.74) is -3.86. The highest BCUT2D eigenvalue weighted by molar-refractivity contribution is 6.06. The topological polar surface area (TPSA) is 73.1 Å². The van der Waals surface area contributed by atoms with Crippen LogP contribution in [0.15, 0.2) is 47.6 Å². The third-order valence-electron chi connectivity index (χ3n) is 4.28. The van der Waals surface area contributed by atoms with E-state index in [0.29, 0.717) is 0 Å². The summed E-state index contributed by atoms with van der Waals surface area (Å²) < 4.78 is 53.8. The number of amides is 1. The van der Waals surface area contributed by atoms with Crippen LogP contribution in [0, 0.1) is 12.7 Å². The molecule has 5 nitrogen and oxygen atoms in total. The van der Waals surface area contributed by atoms with Gasteiger partial charge in [-0.1, -0.05) is 24.3 Å². The van der Waals surface area contributed by atoms with Gasteiger partial charge in [-0.25, -0.2) is 4.39 Å². The lowest BCUT2D eigenvalue weighted by Gasteiger charge is -2.32. The van der Waals surface area contributed by atoms with E-state index in [-0.39, 0.29) is 21.8 Å². The number of aliphatic hydroxyl groups is 1. The third-order valence-corrected chi connectivity index (χ3v) is 4.28. The fraction of sp³-hybridized carbons (Fsp3) is 0.222. The average Bonchev–Trinajstić information content (AvgIpc) is 2.96. The average molecular weight is 382 g/mol. The van der Waals surface area contributed by atoms with E-state index >= 15 is 0 Å². The molecule has 0 saturated heterocycles. The molecule has 2 N–H and O–H groups in total. The van der Waals surface area contributed by atoms with Gasteiger partial charge in [0, 0.05) is 0 Å². The van der Waals surface area contributed by atoms with Gasteiger partial charge in [-0.05, 0) is 36.2 Å². The first-order valence-corrected chi connectivity index (χ1v) is 7.80. The number of hydrogen-bond acceptors (Lipinski definition) is 4. The van der Waals surface area contributed by atoms with Gasteiger partial charge >= 0.3 is 6.18 Å². The highest BCUT2D eigenvalue weighted by Gasteiger charge is 2.63. The predicted molar refractivity (Wildman–Crippen MR) is 87.6 cm³/mol. The van der Waals surface area contributed by atoms with Crippen molar-refractivity contribution in [1.29, 1.82) is 0 Å². The highest BCUT2D eigenvalue weighted by atomic mass is 19.4. The molecule has 1 atom stereocenters. The van der Waals surface area contributed by atoms with E-state index in [9.17, 15) is 32.6 Å². The number of aryl methyl sites for hydroxylation is 1. The second-order valence-electron chi connectivity index (χ2n) is 6.13. The number of hydrazone groups is 1. The van der Waals surface area contributed by atoms with E-state index in [1.165, 1.54) is 31.2 Å². The maximum absolute atomic E-state index is 13.6. The fourth-order valence-electron chi connectivity index (χ4n) is 2.73. The zero-order valence-electron chi connectivity index (χ0n) is 14.0. The highest BCUT2D eigenvalue weighted by Crippen LogP contribution is 2.42. The van der Waals surface area contributed by atoms with Crippen LogP contribution in [0.2, 0.25) is 0 Å². The minimum Gasteiger partial charge on any atom is -0.507 e. The van der Waals surface area contributed by atoms with Crippen LogP contribution in [0.3, 0.4) is 0 Å². The van der Waals surface area contributed by atoms with Crippen LogP contribution in [0.1, 0.15) is 27.9 Å². The van der Waals surface area contributed by atoms with Gasteiger partial charge in [0.25, 0.3) is 11.6 Å². The van der Waals surface area contributed by atoms with E-state index in [0.717, 1.165) is 18.2 Å². The molecule has 0 saturated carbocycles. The van der Waals surface area contributed by atoms with Crippen molar-refractivity contribution >= 4 is 11.6 Å². The molecule has 0 spiro atoms. The van der Waals surface area contributed by atoms with Crippen molar-refractivity contribution in [2.24, 2.45) is 5.10 Å². The predicted octanol–water partition coefficient (Wildman–Crippen LogP) is 3.34. The Morgan fingerprint density at radius 2 is 1.81 bits per heavy atom. The van der Waals surface area contributed by atoms with Crippen LogP contribution < -0.4 is 0 Å². The summed E-state index contributed by atoms with van der Waals surface area (Å²) in [7, 11) is 0. The molecular formula is C18H14F4N2O3. The number of alkyl halides is 3. The Morgan fingerprint density at radius 3 is 2.41 bits per heavy atom. The van der Waals surface area contributed by atoms with Gasteiger partial charge in [0.1, 0.15) is 11.6 Å². The number of phenols is 1. The first-order valence-electron chi connectivity index (χ1n) is 7.80. The lowest BCUT2D eigenvalue weighted by molar-refractivity contribution is -0.297. The van der Waals surface area contributed by atoms with Gasteiger partial charge in [0.15, 0.2) is 0 Å². The third kappa shape index (κ3) is 3.14. The minimum absolute atomic E-state index is 0.0832. The number of rotatable bonds is 2. The van der Waals surface area contributed by atoms with Gasteiger partial charge in [0.2, 0.25) is 0 Å². The molecule has 0 aliphatic carbocycles. The number of hydrogen-bond donors (Lipinski definition) is 2. The molecule has 2 aromatic rings. The van der Waals surface area contributed by atoms with Crippen LogP contribution in [0.25, 0.3) is 0 Å². The van der Waals surface area contributed by atoms with Crippen molar-refractivity contribution in [2.75, 3.05) is 0 Å². The Morgan fingerprint density at radius 1 is 1.19 bits per heavy atom. The largest absolute Gasteiger partial charge is 0.507 e. The Balaban J connectivity index is 2.09. The number of carbonyl (C=O) groups excluding carboxylic acids is 1. The maximum atomic E-state index is 13.6. The molecule has 1 aliphatic rings. The van der Waals surface area contributed by atoms with Crippen molar-refractivity contribution < 1.29 is 32.6 Å². The minimum atomic E-state index is -5.21. The van der Waals surface area contributed by atoms with E-state index in [2.05, 4.69) is 5.10 Å². The fourth-order valence-corrected chi connectivity index (χ4v) is 2.73. The number of carbonyl (C=O) groups is 1. The zero-order valence-corrected chi connectivity index (χ0v) is 14.0. The number of aromatic hydroxyl groups is 1. The Bertz CT molecular complexity index is 925. The number of halogens is 4. The summed E-state index contributed by atoms with van der Waals surface area (Å²) in [6, 6.07) is 8.44. The second kappa shape index (κ2) is 6.34. The first-order chi connectivity index (χ1) is 12.5. The number of para-hydroxylation sites is 1. The van der Waals surface area contributed by atoms with E-state index in [1.807, 2.05) is 0 Å². The summed E-state index contributed by atoms with van der Waals surface area (Å²) in [6.07, 6.45) is -6.24. The number of phenolic OH excluding ortho intramolecular Hbond substituents is 1. The van der Waals surface area contributed by atoms with Crippen LogP contribution >= 0.6 is 0 Å². The molecule has 2 aromatic carbocycles. The van der Waals surface area contributed by atoms with Crippen molar-refractivity contribution in [3.63, 3.8) is 0 Å². The van der Waals surface area contributed by atoms with Gasteiger partial charge in [-0.3, -0.25) is 4.79 Å². The first kappa shape index (κ1) is 18.8. The molecule has 1 aliphatic heterocycles. The smallest absolute Gasteiger partial charge is 0.438 e. The lowest BCUT2D eigenvalue weighted by Crippen LogP contribution is -2.56. The van der Waals surface area contributed by atoms with Crippen molar-refractivity contribution in [3.05, 3.63) is 65.0 Å². The van der Waals surface area contributed by atoms with Crippen molar-refractivity contribution in [3.8, 4) is 5.75 Å². The maximum Gasteiger partial charge on any atom is 0.438 e. The van der Waals surface area contributed by atoms with E-state index in [4.69, 9.17) is 0 Å². The summed E-state index contributed by atoms with van der Waals surface area (Å²) in [5.74, 6) is -2.41. The number of benzene rings is 2. The van der Waals surface area contributed by atoms with Gasteiger partial charge in [0.05, 0.1) is 17.7 Å². The molecule has 1 heterocycles. The second-order valence-corrected chi connectivity index (χ2v) is 6.13. The van der Waals surface area contributed by atoms with Crippen LogP contribution in [-0.4, -0.2) is 38.7 Å². The summed E-state index contributed by atoms with van der Waals surface area (Å²) in [5, 5.41) is 23.9. The molecule has 1 unspecified atom stereocenters. The summed E-state index contributed by atoms with van der Waals surface area (Å²) in [4.78, 5) is 12.7. The van der Waals surface area contributed by atoms with Gasteiger partial charge in [-0.15, -0.1) is 0 Å². The zero-order chi connectivity index (χ0) is 20.0. The molecule has 0 radical (unpaired) electrons. The van der Waals surface area contributed by atoms with Gasteiger partial charge in [-0.2, -0.15) is 23.3 Å². The molecule has 0 aromatic heterocycles. The van der Waals surface area contributed by atoms with Crippen LogP contribution in [-0.2, 0) is 0 Å². The molecule has 0 fully saturated rings. The quantitative estimate of drug-likeness (QED) is 0.783. The van der Waals surface area contributed by atoms with E-state index in [1.54, 1.807) is 0 Å². The lowest BCUT2D eigenvalue weighted by atomic mass is 10.00. The summed E-state index contributed by atoms with van der Waals surface area (Å²) in [6.45, 7) is 1.47. The Hall–Kier alpha value is -2.94. The van der Waals surface area contributed by atoms with Crippen molar-refractivity contribution in [1.82, 2.24) is 5.01 Å². The van der Waals surface area contributed by atoms with Gasteiger partial charge < -0.3 is 10.2 Å². The van der Waals surface area contributed by atoms with Crippen LogP contribution in [0.5, 0.6) is 5.75 Å². The molecule has 142 valence electrons. The molecule has 9 heteroatoms. The monoisotopic (exact) mass is 382 g/mol. The Kier molecular flexibility index (Phi) is 4.43. The Labute approximate surface area is 151 Å². The van der Waals surface area contributed by atoms with Crippen LogP contribution in [0.4, 0.5) is 17.6 Å². The SMILES string of the molecule is Cc1cccc(C(=O)N2N=C(c3ccc(F)cc3)CC2(O)C(F)(F)F)c1O. The number of nitrogens with zero attached hydrogens (tertiary/aromatic N) is 2. The molecule has 0 bridgehead atoms. The molecule has 27 heavy (non-hydrogen) atoms. The molecular weight excluding hydrogens is 368 g/mol. The molecule has 1 amide bonds. The molecule has 3 rings (SSSR count).